The zero-order valence-electron chi connectivity index (χ0n) is 12.1. The number of benzene rings is 1. The highest BCUT2D eigenvalue weighted by molar-refractivity contribution is 9.10. The highest BCUT2D eigenvalue weighted by Crippen LogP contribution is 2.28. The fraction of sp³-hybridized carbons (Fsp3) is 0.500. The fourth-order valence-corrected chi connectivity index (χ4v) is 2.34. The first-order chi connectivity index (χ1) is 9.54. The van der Waals surface area contributed by atoms with Gasteiger partial charge in [0.05, 0.1) is 24.8 Å². The molecule has 6 heteroatoms. The minimum atomic E-state index is -0.525. The summed E-state index contributed by atoms with van der Waals surface area (Å²) in [6.45, 7) is 2.31. The van der Waals surface area contributed by atoms with E-state index in [-0.39, 0.29) is 12.1 Å². The van der Waals surface area contributed by atoms with Gasteiger partial charge >= 0.3 is 5.97 Å². The van der Waals surface area contributed by atoms with Crippen molar-refractivity contribution in [3.63, 3.8) is 0 Å². The van der Waals surface area contributed by atoms with Crippen LogP contribution in [0.4, 0.5) is 0 Å². The molecule has 0 saturated carbocycles. The highest BCUT2D eigenvalue weighted by Gasteiger charge is 2.25. The molecule has 1 aromatic carbocycles. The lowest BCUT2D eigenvalue weighted by Gasteiger charge is -2.22. The first kappa shape index (κ1) is 16.9. The normalized spacial score (nSPS) is 13.7. The summed E-state index contributed by atoms with van der Waals surface area (Å²) in [5.41, 5.74) is 0.988. The number of hydrogen-bond acceptors (Lipinski definition) is 5. The van der Waals surface area contributed by atoms with Gasteiger partial charge < -0.3 is 14.2 Å². The van der Waals surface area contributed by atoms with E-state index in [0.717, 1.165) is 15.8 Å². The molecule has 5 nitrogen and oxygen atoms in total. The third-order valence-corrected chi connectivity index (χ3v) is 3.97. The van der Waals surface area contributed by atoms with Crippen LogP contribution in [-0.2, 0) is 20.8 Å². The number of methoxy groups -OCH3 is 3. The lowest BCUT2D eigenvalue weighted by molar-refractivity contribution is -0.146. The van der Waals surface area contributed by atoms with Gasteiger partial charge in [-0.25, -0.2) is 0 Å². The van der Waals surface area contributed by atoms with Crippen LogP contribution in [0, 0.1) is 0 Å². The number of carbonyl (C=O) groups excluding carboxylic acids is 1. The van der Waals surface area contributed by atoms with Crippen molar-refractivity contribution < 1.29 is 19.0 Å². The maximum absolute atomic E-state index is 11.7. The zero-order valence-corrected chi connectivity index (χ0v) is 13.7. The van der Waals surface area contributed by atoms with Gasteiger partial charge in [0.15, 0.2) is 0 Å². The second-order valence-electron chi connectivity index (χ2n) is 4.26. The Labute approximate surface area is 127 Å². The van der Waals surface area contributed by atoms with E-state index in [1.54, 1.807) is 14.2 Å². The van der Waals surface area contributed by atoms with Gasteiger partial charge in [0.2, 0.25) is 0 Å². The van der Waals surface area contributed by atoms with Crippen LogP contribution >= 0.6 is 15.9 Å². The summed E-state index contributed by atoms with van der Waals surface area (Å²) < 4.78 is 16.1. The predicted molar refractivity (Wildman–Crippen MR) is 79.8 cm³/mol. The van der Waals surface area contributed by atoms with Gasteiger partial charge in [0.25, 0.3) is 0 Å². The predicted octanol–water partition coefficient (Wildman–Crippen LogP) is 2.12. The molecule has 0 saturated heterocycles. The van der Waals surface area contributed by atoms with Crippen molar-refractivity contribution in [2.75, 3.05) is 21.3 Å². The monoisotopic (exact) mass is 345 g/mol. The highest BCUT2D eigenvalue weighted by atomic mass is 79.9. The molecule has 0 bridgehead atoms. The van der Waals surface area contributed by atoms with E-state index in [2.05, 4.69) is 21.2 Å². The van der Waals surface area contributed by atoms with Gasteiger partial charge in [-0.3, -0.25) is 10.1 Å². The molecule has 0 fully saturated rings. The average molecular weight is 346 g/mol. The summed E-state index contributed by atoms with van der Waals surface area (Å²) in [4.78, 5) is 11.7. The SMILES string of the molecule is COC(=O)[C@@H](NCc1cccc(OC)c1Br)[C@@H](C)OC. The number of nitrogens with one attached hydrogen (secondary N) is 1. The van der Waals surface area contributed by atoms with E-state index in [9.17, 15) is 4.79 Å². The maximum atomic E-state index is 11.7. The largest absolute Gasteiger partial charge is 0.496 e. The van der Waals surface area contributed by atoms with E-state index in [1.807, 2.05) is 25.1 Å². The summed E-state index contributed by atoms with van der Waals surface area (Å²) in [7, 11) is 4.53. The molecule has 2 atom stereocenters. The number of halogens is 1. The molecule has 0 aromatic heterocycles. The molecule has 1 N–H and O–H groups in total. The minimum Gasteiger partial charge on any atom is -0.496 e. The number of hydrogen-bond donors (Lipinski definition) is 1. The molecule has 0 unspecified atom stereocenters. The Morgan fingerprint density at radius 2 is 2.05 bits per heavy atom. The Bertz CT molecular complexity index is 453. The van der Waals surface area contributed by atoms with Gasteiger partial charge in [-0.1, -0.05) is 12.1 Å². The molecule has 1 aromatic rings. The van der Waals surface area contributed by atoms with Crippen LogP contribution in [0.15, 0.2) is 22.7 Å². The fourth-order valence-electron chi connectivity index (χ4n) is 1.77. The number of carbonyl (C=O) groups is 1. The number of ether oxygens (including phenoxy) is 3. The summed E-state index contributed by atoms with van der Waals surface area (Å²) in [6, 6.07) is 5.19. The third-order valence-electron chi connectivity index (χ3n) is 3.07. The molecule has 20 heavy (non-hydrogen) atoms. The van der Waals surface area contributed by atoms with Crippen molar-refractivity contribution in [1.29, 1.82) is 0 Å². The molecule has 112 valence electrons. The van der Waals surface area contributed by atoms with E-state index in [4.69, 9.17) is 14.2 Å². The molecule has 0 amide bonds. The lowest BCUT2D eigenvalue weighted by Crippen LogP contribution is -2.45. The van der Waals surface area contributed by atoms with E-state index < -0.39 is 6.04 Å². The smallest absolute Gasteiger partial charge is 0.325 e. The maximum Gasteiger partial charge on any atom is 0.325 e. The van der Waals surface area contributed by atoms with Gasteiger partial charge in [-0.2, -0.15) is 0 Å². The Morgan fingerprint density at radius 1 is 1.35 bits per heavy atom. The average Bonchev–Trinajstić information content (AvgIpc) is 2.48. The lowest BCUT2D eigenvalue weighted by atomic mass is 10.1. The van der Waals surface area contributed by atoms with Crippen LogP contribution < -0.4 is 10.1 Å². The van der Waals surface area contributed by atoms with Crippen molar-refractivity contribution in [2.45, 2.75) is 25.6 Å². The van der Waals surface area contributed by atoms with Crippen molar-refractivity contribution in [1.82, 2.24) is 5.32 Å². The second-order valence-corrected chi connectivity index (χ2v) is 5.05. The minimum absolute atomic E-state index is 0.285. The van der Waals surface area contributed by atoms with Crippen LogP contribution in [0.1, 0.15) is 12.5 Å². The molecule has 0 aliphatic heterocycles. The zero-order chi connectivity index (χ0) is 15.1. The van der Waals surface area contributed by atoms with E-state index in [1.165, 1.54) is 7.11 Å². The van der Waals surface area contributed by atoms with Crippen molar-refractivity contribution >= 4 is 21.9 Å². The van der Waals surface area contributed by atoms with Crippen LogP contribution in [0.3, 0.4) is 0 Å². The van der Waals surface area contributed by atoms with Gasteiger partial charge in [-0.15, -0.1) is 0 Å². The Morgan fingerprint density at radius 3 is 2.60 bits per heavy atom. The van der Waals surface area contributed by atoms with Crippen molar-refractivity contribution in [2.24, 2.45) is 0 Å². The van der Waals surface area contributed by atoms with E-state index in [0.29, 0.717) is 6.54 Å². The molecule has 0 aliphatic carbocycles. The molecular formula is C14H20BrNO4. The van der Waals surface area contributed by atoms with E-state index >= 15 is 0 Å². The van der Waals surface area contributed by atoms with Gasteiger partial charge in [0, 0.05) is 13.7 Å². The molecule has 1 rings (SSSR count). The van der Waals surface area contributed by atoms with Crippen LogP contribution in [0.5, 0.6) is 5.75 Å². The van der Waals surface area contributed by atoms with Crippen LogP contribution in [-0.4, -0.2) is 39.4 Å². The second kappa shape index (κ2) is 8.24. The quantitative estimate of drug-likeness (QED) is 0.767. The Kier molecular flexibility index (Phi) is 6.98. The summed E-state index contributed by atoms with van der Waals surface area (Å²) in [5.74, 6) is 0.400. The first-order valence-corrected chi connectivity index (χ1v) is 6.99. The first-order valence-electron chi connectivity index (χ1n) is 6.20. The van der Waals surface area contributed by atoms with Crippen molar-refractivity contribution in [3.05, 3.63) is 28.2 Å². The molecule has 0 radical (unpaired) electrons. The summed E-state index contributed by atoms with van der Waals surface area (Å²) in [6.07, 6.45) is -0.285. The third kappa shape index (κ3) is 4.19. The molecule has 0 spiro atoms. The Balaban J connectivity index is 2.80. The summed E-state index contributed by atoms with van der Waals surface area (Å²) >= 11 is 3.49. The summed E-state index contributed by atoms with van der Waals surface area (Å²) in [5, 5.41) is 3.14. The molecular weight excluding hydrogens is 326 g/mol. The molecule has 0 heterocycles. The molecule has 0 aliphatic rings. The topological polar surface area (TPSA) is 56.8 Å². The standard InChI is InChI=1S/C14H20BrNO4/c1-9(18-2)13(14(17)20-4)16-8-10-6-5-7-11(19-3)12(10)15/h5-7,9,13,16H,8H2,1-4H3/t9-,13+/m1/s1. The van der Waals surface area contributed by atoms with Crippen LogP contribution in [0.2, 0.25) is 0 Å². The van der Waals surface area contributed by atoms with Crippen LogP contribution in [0.25, 0.3) is 0 Å². The number of rotatable bonds is 7. The Hall–Kier alpha value is -1.11. The van der Waals surface area contributed by atoms with Crippen molar-refractivity contribution in [3.8, 4) is 5.75 Å². The van der Waals surface area contributed by atoms with Gasteiger partial charge in [-0.05, 0) is 34.5 Å². The number of esters is 1. The van der Waals surface area contributed by atoms with Gasteiger partial charge in [0.1, 0.15) is 11.8 Å².